The largest absolute Gasteiger partial charge is 0.507 e. The summed E-state index contributed by atoms with van der Waals surface area (Å²) in [5, 5.41) is 11.7. The second kappa shape index (κ2) is 10.7. The molecule has 2 aromatic rings. The van der Waals surface area contributed by atoms with E-state index in [1.807, 2.05) is 6.07 Å². The van der Waals surface area contributed by atoms with E-state index in [1.165, 1.54) is 7.11 Å². The molecular formula is C25H29ClN2O4. The van der Waals surface area contributed by atoms with Crippen molar-refractivity contribution in [1.29, 1.82) is 0 Å². The summed E-state index contributed by atoms with van der Waals surface area (Å²) in [7, 11) is 1.49. The van der Waals surface area contributed by atoms with Crippen LogP contribution in [0.2, 0.25) is 5.02 Å². The molecule has 1 unspecified atom stereocenters. The number of carbonyl (C=O) groups is 2. The number of halogens is 1. The number of amides is 1. The molecule has 0 bridgehead atoms. The van der Waals surface area contributed by atoms with Crippen LogP contribution in [0.15, 0.2) is 54.1 Å². The average Bonchev–Trinajstić information content (AvgIpc) is 3.06. The number of aliphatic hydroxyl groups is 1. The maximum atomic E-state index is 13.1. The number of aliphatic hydroxyl groups excluding tert-OH is 1. The van der Waals surface area contributed by atoms with E-state index in [4.69, 9.17) is 16.3 Å². The first-order valence-electron chi connectivity index (χ1n) is 10.8. The van der Waals surface area contributed by atoms with Gasteiger partial charge in [-0.1, -0.05) is 49.7 Å². The quantitative estimate of drug-likeness (QED) is 0.341. The molecule has 1 heterocycles. The van der Waals surface area contributed by atoms with Crippen LogP contribution in [-0.2, 0) is 9.59 Å². The van der Waals surface area contributed by atoms with Crippen LogP contribution in [0.4, 0.5) is 0 Å². The van der Waals surface area contributed by atoms with E-state index in [-0.39, 0.29) is 11.3 Å². The van der Waals surface area contributed by atoms with Gasteiger partial charge in [-0.3, -0.25) is 9.59 Å². The maximum absolute atomic E-state index is 13.1. The number of rotatable bonds is 9. The van der Waals surface area contributed by atoms with E-state index in [0.29, 0.717) is 34.9 Å². The van der Waals surface area contributed by atoms with Crippen molar-refractivity contribution in [2.75, 3.05) is 33.3 Å². The summed E-state index contributed by atoms with van der Waals surface area (Å²) in [4.78, 5) is 30.0. The third kappa shape index (κ3) is 4.81. The SMILES string of the molecule is CCN(CC)CCCN1C(=O)C(=O)/C(=C(/O)c2ccccc2OC)C1c1cccc(Cl)c1. The lowest BCUT2D eigenvalue weighted by atomic mass is 9.95. The molecule has 0 radical (unpaired) electrons. The molecule has 1 saturated heterocycles. The average molecular weight is 457 g/mol. The Kier molecular flexibility index (Phi) is 7.94. The zero-order chi connectivity index (χ0) is 23.3. The molecule has 1 fully saturated rings. The number of likely N-dealkylation sites (tertiary alicyclic amines) is 1. The molecule has 0 aromatic heterocycles. The number of ether oxygens (including phenoxy) is 1. The zero-order valence-corrected chi connectivity index (χ0v) is 19.4. The number of nitrogens with zero attached hydrogens (tertiary/aromatic N) is 2. The molecule has 1 atom stereocenters. The van der Waals surface area contributed by atoms with Crippen LogP contribution >= 0.6 is 11.6 Å². The number of Topliss-reactive ketones (excluding diaryl/α,β-unsaturated/α-hetero) is 1. The second-order valence-corrected chi connectivity index (χ2v) is 8.06. The van der Waals surface area contributed by atoms with E-state index in [9.17, 15) is 14.7 Å². The van der Waals surface area contributed by atoms with Gasteiger partial charge < -0.3 is 19.6 Å². The zero-order valence-electron chi connectivity index (χ0n) is 18.7. The first-order valence-corrected chi connectivity index (χ1v) is 11.2. The van der Waals surface area contributed by atoms with E-state index in [0.717, 1.165) is 19.6 Å². The van der Waals surface area contributed by atoms with E-state index < -0.39 is 17.7 Å². The van der Waals surface area contributed by atoms with E-state index in [1.54, 1.807) is 47.4 Å². The number of carbonyl (C=O) groups excluding carboxylic acids is 2. The maximum Gasteiger partial charge on any atom is 0.295 e. The summed E-state index contributed by atoms with van der Waals surface area (Å²) in [6.07, 6.45) is 0.709. The molecule has 6 nitrogen and oxygen atoms in total. The fourth-order valence-corrected chi connectivity index (χ4v) is 4.32. The number of hydrogen-bond acceptors (Lipinski definition) is 5. The number of benzene rings is 2. The van der Waals surface area contributed by atoms with Gasteiger partial charge in [-0.2, -0.15) is 0 Å². The number of hydrogen-bond donors (Lipinski definition) is 1. The van der Waals surface area contributed by atoms with Crippen molar-refractivity contribution in [3.05, 3.63) is 70.3 Å². The van der Waals surface area contributed by atoms with Gasteiger partial charge in [0.2, 0.25) is 0 Å². The third-order valence-electron chi connectivity index (χ3n) is 5.83. The van der Waals surface area contributed by atoms with E-state index >= 15 is 0 Å². The van der Waals surface area contributed by atoms with Gasteiger partial charge in [0, 0.05) is 11.6 Å². The minimum atomic E-state index is -0.727. The highest BCUT2D eigenvalue weighted by atomic mass is 35.5. The molecule has 1 aliphatic rings. The first kappa shape index (κ1) is 23.8. The first-order chi connectivity index (χ1) is 15.4. The normalized spacial score (nSPS) is 17.9. The molecule has 1 amide bonds. The molecule has 3 rings (SSSR count). The second-order valence-electron chi connectivity index (χ2n) is 7.63. The fraction of sp³-hybridized carbons (Fsp3) is 0.360. The van der Waals surface area contributed by atoms with Crippen LogP contribution in [0, 0.1) is 0 Å². The highest BCUT2D eigenvalue weighted by Gasteiger charge is 2.46. The number of para-hydroxylation sites is 1. The van der Waals surface area contributed by atoms with Gasteiger partial charge in [-0.25, -0.2) is 0 Å². The molecule has 32 heavy (non-hydrogen) atoms. The van der Waals surface area contributed by atoms with E-state index in [2.05, 4.69) is 18.7 Å². The summed E-state index contributed by atoms with van der Waals surface area (Å²) < 4.78 is 5.36. The minimum absolute atomic E-state index is 0.0459. The van der Waals surface area contributed by atoms with Crippen LogP contribution in [0.25, 0.3) is 5.76 Å². The van der Waals surface area contributed by atoms with Crippen molar-refractivity contribution in [2.24, 2.45) is 0 Å². The van der Waals surface area contributed by atoms with Gasteiger partial charge in [0.1, 0.15) is 11.5 Å². The van der Waals surface area contributed by atoms with Crippen molar-refractivity contribution in [3.63, 3.8) is 0 Å². The Morgan fingerprint density at radius 3 is 2.50 bits per heavy atom. The molecule has 0 saturated carbocycles. The van der Waals surface area contributed by atoms with Crippen LogP contribution in [0.5, 0.6) is 5.75 Å². The lowest BCUT2D eigenvalue weighted by molar-refractivity contribution is -0.140. The van der Waals surface area contributed by atoms with Crippen molar-refractivity contribution in [3.8, 4) is 5.75 Å². The van der Waals surface area contributed by atoms with Crippen molar-refractivity contribution >= 4 is 29.1 Å². The standard InChI is InChI=1S/C25H29ClN2O4/c1-4-27(5-2)14-9-15-28-22(17-10-8-11-18(26)16-17)21(24(30)25(28)31)23(29)19-12-6-7-13-20(19)32-3/h6-8,10-13,16,22,29H,4-5,9,14-15H2,1-3H3/b23-21+. The highest BCUT2D eigenvalue weighted by Crippen LogP contribution is 2.41. The van der Waals surface area contributed by atoms with Crippen molar-refractivity contribution in [1.82, 2.24) is 9.80 Å². The Hall–Kier alpha value is -2.83. The summed E-state index contributed by atoms with van der Waals surface area (Å²) in [6, 6.07) is 13.2. The van der Waals surface area contributed by atoms with Gasteiger partial charge in [-0.15, -0.1) is 0 Å². The number of methoxy groups -OCH3 is 1. The number of ketones is 1. The van der Waals surface area contributed by atoms with Gasteiger partial charge >= 0.3 is 0 Å². The Balaban J connectivity index is 2.07. The summed E-state index contributed by atoms with van der Waals surface area (Å²) >= 11 is 6.23. The smallest absolute Gasteiger partial charge is 0.295 e. The van der Waals surface area contributed by atoms with Crippen molar-refractivity contribution in [2.45, 2.75) is 26.3 Å². The van der Waals surface area contributed by atoms with Gasteiger partial charge in [0.05, 0.1) is 24.3 Å². The highest BCUT2D eigenvalue weighted by molar-refractivity contribution is 6.46. The lowest BCUT2D eigenvalue weighted by Crippen LogP contribution is -2.33. The molecule has 0 aliphatic carbocycles. The third-order valence-corrected chi connectivity index (χ3v) is 6.07. The minimum Gasteiger partial charge on any atom is -0.507 e. The molecule has 7 heteroatoms. The summed E-state index contributed by atoms with van der Waals surface area (Å²) in [6.45, 7) is 7.22. The molecule has 2 aromatic carbocycles. The molecule has 1 aliphatic heterocycles. The predicted molar refractivity (Wildman–Crippen MR) is 126 cm³/mol. The van der Waals surface area contributed by atoms with Crippen molar-refractivity contribution < 1.29 is 19.4 Å². The molecule has 170 valence electrons. The molecule has 0 spiro atoms. The topological polar surface area (TPSA) is 70.1 Å². The van der Waals surface area contributed by atoms with Gasteiger partial charge in [0.15, 0.2) is 0 Å². The Morgan fingerprint density at radius 2 is 1.84 bits per heavy atom. The summed E-state index contributed by atoms with van der Waals surface area (Å²) in [5.41, 5.74) is 1.09. The molecular weight excluding hydrogens is 428 g/mol. The van der Waals surface area contributed by atoms with Gasteiger partial charge in [-0.05, 0) is 55.9 Å². The Labute approximate surface area is 194 Å². The van der Waals surface area contributed by atoms with Crippen LogP contribution in [-0.4, -0.2) is 59.9 Å². The van der Waals surface area contributed by atoms with Crippen LogP contribution in [0.1, 0.15) is 37.4 Å². The Morgan fingerprint density at radius 1 is 1.12 bits per heavy atom. The van der Waals surface area contributed by atoms with Gasteiger partial charge in [0.25, 0.3) is 11.7 Å². The summed E-state index contributed by atoms with van der Waals surface area (Å²) in [5.74, 6) is -1.16. The van der Waals surface area contributed by atoms with Crippen LogP contribution < -0.4 is 4.74 Å². The molecule has 1 N–H and O–H groups in total. The predicted octanol–water partition coefficient (Wildman–Crippen LogP) is 4.50. The van der Waals surface area contributed by atoms with Crippen LogP contribution in [0.3, 0.4) is 0 Å². The monoisotopic (exact) mass is 456 g/mol. The fourth-order valence-electron chi connectivity index (χ4n) is 4.12. The Bertz CT molecular complexity index is 1020. The lowest BCUT2D eigenvalue weighted by Gasteiger charge is -2.27.